The molecule has 2 saturated heterocycles. The van der Waals surface area contributed by atoms with Crippen molar-refractivity contribution in [3.8, 4) is 5.75 Å². The molecule has 156 valence electrons. The smallest absolute Gasteiger partial charge is 0.309 e. The molecule has 4 aliphatic rings. The maximum atomic E-state index is 12.6. The topological polar surface area (TPSA) is 104 Å². The van der Waals surface area contributed by atoms with E-state index in [9.17, 15) is 9.90 Å². The zero-order valence-corrected chi connectivity index (χ0v) is 16.6. The van der Waals surface area contributed by atoms with Crippen molar-refractivity contribution in [2.45, 2.75) is 50.0 Å². The van der Waals surface area contributed by atoms with Crippen molar-refractivity contribution < 1.29 is 24.1 Å². The maximum absolute atomic E-state index is 12.6. The Balaban J connectivity index is 1.48. The average molecular weight is 400 g/mol. The lowest BCUT2D eigenvalue weighted by Gasteiger charge is -2.55. The third-order valence-corrected chi connectivity index (χ3v) is 7.37. The number of nitrogens with zero attached hydrogens (tertiary/aromatic N) is 1. The number of fused-ring (bicyclic) bond motifs is 2. The number of nitrogens with two attached hydrogens (primary N) is 1. The Morgan fingerprint density at radius 1 is 1.31 bits per heavy atom. The lowest BCUT2D eigenvalue weighted by Crippen LogP contribution is -2.64. The third kappa shape index (κ3) is 3.16. The molecule has 0 radical (unpaired) electrons. The fourth-order valence-electron chi connectivity index (χ4n) is 6.21. The van der Waals surface area contributed by atoms with Gasteiger partial charge >= 0.3 is 5.97 Å². The minimum atomic E-state index is -0.598. The molecule has 1 aromatic rings. The molecule has 3 heterocycles. The van der Waals surface area contributed by atoms with Gasteiger partial charge in [0.05, 0.1) is 31.0 Å². The highest BCUT2D eigenvalue weighted by Gasteiger charge is 2.62. The molecular weight excluding hydrogens is 372 g/mol. The lowest BCUT2D eigenvalue weighted by molar-refractivity contribution is -0.209. The Morgan fingerprint density at radius 2 is 2.10 bits per heavy atom. The molecule has 0 bridgehead atoms. The number of hydrogen-bond donors (Lipinski definition) is 2. The van der Waals surface area contributed by atoms with Gasteiger partial charge in [-0.05, 0) is 49.8 Å². The van der Waals surface area contributed by atoms with E-state index >= 15 is 0 Å². The molecule has 1 spiro atoms. The number of ether oxygens (including phenoxy) is 3. The van der Waals surface area contributed by atoms with Crippen molar-refractivity contribution in [2.75, 3.05) is 13.2 Å². The van der Waals surface area contributed by atoms with Crippen LogP contribution in [0.5, 0.6) is 5.75 Å². The van der Waals surface area contributed by atoms with Crippen molar-refractivity contribution in [1.82, 2.24) is 4.98 Å². The minimum Gasteiger partial charge on any atom is -0.506 e. The summed E-state index contributed by atoms with van der Waals surface area (Å²) in [4.78, 5) is 16.9. The molecule has 2 aliphatic carbocycles. The molecule has 4 fully saturated rings. The van der Waals surface area contributed by atoms with Crippen LogP contribution in [-0.2, 0) is 19.0 Å². The Bertz CT molecular complexity index is 819. The van der Waals surface area contributed by atoms with Crippen LogP contribution in [0.1, 0.15) is 38.3 Å². The summed E-state index contributed by atoms with van der Waals surface area (Å²) in [5.41, 5.74) is 7.24. The quantitative estimate of drug-likeness (QED) is 0.734. The van der Waals surface area contributed by atoms with E-state index in [0.717, 1.165) is 18.5 Å². The van der Waals surface area contributed by atoms with Crippen LogP contribution >= 0.6 is 0 Å². The average Bonchev–Trinajstić information content (AvgIpc) is 3.23. The van der Waals surface area contributed by atoms with Crippen LogP contribution in [-0.4, -0.2) is 46.7 Å². The summed E-state index contributed by atoms with van der Waals surface area (Å²) in [6, 6.07) is 3.39. The van der Waals surface area contributed by atoms with E-state index in [1.54, 1.807) is 12.1 Å². The zero-order valence-electron chi connectivity index (χ0n) is 16.6. The molecule has 1 aromatic heterocycles. The van der Waals surface area contributed by atoms with Crippen molar-refractivity contribution >= 4 is 12.0 Å². The fourth-order valence-corrected chi connectivity index (χ4v) is 6.21. The second-order valence-electron chi connectivity index (χ2n) is 9.07. The van der Waals surface area contributed by atoms with Gasteiger partial charge in [-0.1, -0.05) is 6.08 Å². The lowest BCUT2D eigenvalue weighted by atomic mass is 9.53. The highest BCUT2D eigenvalue weighted by Crippen LogP contribution is 2.57. The van der Waals surface area contributed by atoms with E-state index in [-0.39, 0.29) is 41.5 Å². The van der Waals surface area contributed by atoms with E-state index in [1.807, 2.05) is 13.0 Å². The molecule has 0 amide bonds. The summed E-state index contributed by atoms with van der Waals surface area (Å²) < 4.78 is 17.6. The van der Waals surface area contributed by atoms with E-state index in [2.05, 4.69) is 11.1 Å². The molecule has 29 heavy (non-hydrogen) atoms. The standard InChI is InChI=1S/C22H28N2O5/c1-13-19-16(5-3-14-2-4-15(25)11-24-14)18-6-7-22(27-8-9-28-22)12-21(18,23)10-17(19)20(26)29-13/h2-5,11,13,16-19,25H,6-10,12,23H2,1H3/b5-3+/t13-,16+,17-,18?,19+,21+/m1/s1. The molecule has 0 aromatic carbocycles. The van der Waals surface area contributed by atoms with Crippen LogP contribution in [0, 0.1) is 23.7 Å². The van der Waals surface area contributed by atoms with Gasteiger partial charge in [0.25, 0.3) is 0 Å². The van der Waals surface area contributed by atoms with Gasteiger partial charge in [-0.25, -0.2) is 0 Å². The molecular formula is C22H28N2O5. The molecule has 7 nitrogen and oxygen atoms in total. The monoisotopic (exact) mass is 400 g/mol. The van der Waals surface area contributed by atoms with Crippen LogP contribution in [0.25, 0.3) is 6.08 Å². The number of rotatable bonds is 2. The predicted octanol–water partition coefficient (Wildman–Crippen LogP) is 2.24. The van der Waals surface area contributed by atoms with Crippen molar-refractivity contribution in [3.05, 3.63) is 30.1 Å². The van der Waals surface area contributed by atoms with E-state index < -0.39 is 11.3 Å². The van der Waals surface area contributed by atoms with Crippen LogP contribution in [0.3, 0.4) is 0 Å². The van der Waals surface area contributed by atoms with Gasteiger partial charge in [0.15, 0.2) is 5.79 Å². The largest absolute Gasteiger partial charge is 0.506 e. The number of aromatic hydroxyl groups is 1. The zero-order chi connectivity index (χ0) is 20.2. The molecule has 7 heteroatoms. The summed E-state index contributed by atoms with van der Waals surface area (Å²) in [6.45, 7) is 3.18. The maximum Gasteiger partial charge on any atom is 0.309 e. The minimum absolute atomic E-state index is 0.106. The van der Waals surface area contributed by atoms with Crippen molar-refractivity contribution in [1.29, 1.82) is 0 Å². The van der Waals surface area contributed by atoms with E-state index in [0.29, 0.717) is 26.1 Å². The van der Waals surface area contributed by atoms with Gasteiger partial charge in [0.1, 0.15) is 11.9 Å². The predicted molar refractivity (Wildman–Crippen MR) is 104 cm³/mol. The van der Waals surface area contributed by atoms with Crippen molar-refractivity contribution in [2.24, 2.45) is 29.4 Å². The highest BCUT2D eigenvalue weighted by atomic mass is 16.7. The van der Waals surface area contributed by atoms with Crippen LogP contribution in [0.2, 0.25) is 0 Å². The summed E-state index contributed by atoms with van der Waals surface area (Å²) >= 11 is 0. The van der Waals surface area contributed by atoms with Gasteiger partial charge in [-0.15, -0.1) is 0 Å². The summed E-state index contributed by atoms with van der Waals surface area (Å²) in [5.74, 6) is -0.374. The van der Waals surface area contributed by atoms with Crippen LogP contribution < -0.4 is 5.73 Å². The number of carbonyl (C=O) groups excluding carboxylic acids is 1. The number of aromatic nitrogens is 1. The third-order valence-electron chi connectivity index (χ3n) is 7.37. The first-order valence-corrected chi connectivity index (χ1v) is 10.5. The number of pyridine rings is 1. The Kier molecular flexibility index (Phi) is 4.46. The molecule has 2 saturated carbocycles. The number of carbonyl (C=O) groups is 1. The number of hydrogen-bond acceptors (Lipinski definition) is 7. The first-order chi connectivity index (χ1) is 13.9. The Hall–Kier alpha value is -1.96. The van der Waals surface area contributed by atoms with Crippen LogP contribution in [0.15, 0.2) is 24.4 Å². The summed E-state index contributed by atoms with van der Waals surface area (Å²) in [6.07, 6.45) is 8.34. The molecule has 5 rings (SSSR count). The van der Waals surface area contributed by atoms with Gasteiger partial charge in [-0.3, -0.25) is 9.78 Å². The summed E-state index contributed by atoms with van der Waals surface area (Å²) in [5, 5.41) is 9.47. The Labute approximate surface area is 170 Å². The van der Waals surface area contributed by atoms with Gasteiger partial charge in [0.2, 0.25) is 0 Å². The SMILES string of the molecule is C[C@H]1OC(=O)[C@@H]2C[C@]3(N)CC4(CCC3[C@H](/C=C/c3ccc(O)cn3)[C@H]12)OCCO4. The van der Waals surface area contributed by atoms with Crippen molar-refractivity contribution in [3.63, 3.8) is 0 Å². The highest BCUT2D eigenvalue weighted by molar-refractivity contribution is 5.76. The van der Waals surface area contributed by atoms with Crippen LogP contribution in [0.4, 0.5) is 0 Å². The molecule has 3 N–H and O–H groups in total. The van der Waals surface area contributed by atoms with Gasteiger partial charge in [-0.2, -0.15) is 0 Å². The first-order valence-electron chi connectivity index (χ1n) is 10.5. The van der Waals surface area contributed by atoms with Gasteiger partial charge in [0, 0.05) is 24.3 Å². The fraction of sp³-hybridized carbons (Fsp3) is 0.636. The molecule has 2 aliphatic heterocycles. The molecule has 6 atom stereocenters. The summed E-state index contributed by atoms with van der Waals surface area (Å²) in [7, 11) is 0. The second-order valence-corrected chi connectivity index (χ2v) is 9.07. The second kappa shape index (κ2) is 6.79. The number of cyclic esters (lactones) is 1. The van der Waals surface area contributed by atoms with E-state index in [1.165, 1.54) is 6.20 Å². The number of allylic oxidation sites excluding steroid dienone is 1. The number of esters is 1. The Morgan fingerprint density at radius 3 is 2.83 bits per heavy atom. The van der Waals surface area contributed by atoms with Gasteiger partial charge < -0.3 is 25.1 Å². The molecule has 1 unspecified atom stereocenters. The van der Waals surface area contributed by atoms with E-state index in [4.69, 9.17) is 19.9 Å². The first kappa shape index (κ1) is 19.0. The normalized spacial score (nSPS) is 40.8.